The van der Waals surface area contributed by atoms with Crippen molar-refractivity contribution in [3.63, 3.8) is 0 Å². The zero-order valence-electron chi connectivity index (χ0n) is 13.8. The van der Waals surface area contributed by atoms with E-state index in [9.17, 15) is 14.4 Å². The number of hydrogen-bond acceptors (Lipinski definition) is 7. The average molecular weight is 370 g/mol. The molecule has 0 bridgehead atoms. The van der Waals surface area contributed by atoms with Gasteiger partial charge < -0.3 is 16.8 Å². The van der Waals surface area contributed by atoms with Crippen LogP contribution in [0, 0.1) is 17.1 Å². The molecule has 0 aliphatic carbocycles. The number of thiazole rings is 1. The molecule has 1 amide bonds. The van der Waals surface area contributed by atoms with Gasteiger partial charge in [-0.2, -0.15) is 5.26 Å². The summed E-state index contributed by atoms with van der Waals surface area (Å²) in [4.78, 5) is 20.5. The highest BCUT2D eigenvalue weighted by atomic mass is 32.1. The molecule has 9 heteroatoms. The van der Waals surface area contributed by atoms with E-state index in [2.05, 4.69) is 15.3 Å². The van der Waals surface area contributed by atoms with Crippen LogP contribution in [0.2, 0.25) is 0 Å². The SMILES string of the molecule is CCCNC(=O)c1ncc2c(-c3sc(N)nc3C#N)c(F)ccc2c1N. The van der Waals surface area contributed by atoms with E-state index in [1.807, 2.05) is 13.0 Å². The van der Waals surface area contributed by atoms with Gasteiger partial charge in [-0.15, -0.1) is 0 Å². The van der Waals surface area contributed by atoms with E-state index in [0.717, 1.165) is 17.8 Å². The number of pyridine rings is 1. The van der Waals surface area contributed by atoms with Gasteiger partial charge in [0.05, 0.1) is 10.6 Å². The molecule has 0 aliphatic rings. The number of anilines is 2. The number of nitrogen functional groups attached to an aromatic ring is 2. The maximum Gasteiger partial charge on any atom is 0.272 e. The third-order valence-electron chi connectivity index (χ3n) is 3.79. The molecule has 132 valence electrons. The van der Waals surface area contributed by atoms with E-state index in [-0.39, 0.29) is 27.8 Å². The molecule has 0 atom stereocenters. The molecule has 2 aromatic heterocycles. The zero-order chi connectivity index (χ0) is 18.8. The summed E-state index contributed by atoms with van der Waals surface area (Å²) in [6, 6.07) is 4.63. The fourth-order valence-corrected chi connectivity index (χ4v) is 3.45. The van der Waals surface area contributed by atoms with Gasteiger partial charge in [0.15, 0.2) is 16.5 Å². The lowest BCUT2D eigenvalue weighted by molar-refractivity contribution is 0.0950. The summed E-state index contributed by atoms with van der Waals surface area (Å²) in [5.41, 5.74) is 12.2. The van der Waals surface area contributed by atoms with Gasteiger partial charge >= 0.3 is 0 Å². The lowest BCUT2D eigenvalue weighted by atomic mass is 10.0. The highest BCUT2D eigenvalue weighted by Crippen LogP contribution is 2.39. The second kappa shape index (κ2) is 6.93. The van der Waals surface area contributed by atoms with Crippen LogP contribution in [0.25, 0.3) is 21.2 Å². The third-order valence-corrected chi connectivity index (χ3v) is 4.69. The van der Waals surface area contributed by atoms with Crippen LogP contribution in [-0.4, -0.2) is 22.4 Å². The molecule has 0 radical (unpaired) electrons. The fourth-order valence-electron chi connectivity index (χ4n) is 2.60. The molecule has 0 fully saturated rings. The second-order valence-corrected chi connectivity index (χ2v) is 6.53. The van der Waals surface area contributed by atoms with Gasteiger partial charge in [0, 0.05) is 29.1 Å². The van der Waals surface area contributed by atoms with Gasteiger partial charge in [-0.25, -0.2) is 14.4 Å². The van der Waals surface area contributed by atoms with Crippen molar-refractivity contribution in [2.24, 2.45) is 0 Å². The van der Waals surface area contributed by atoms with E-state index in [4.69, 9.17) is 11.5 Å². The van der Waals surface area contributed by atoms with Crippen molar-refractivity contribution in [1.82, 2.24) is 15.3 Å². The molecule has 0 aliphatic heterocycles. The number of carbonyl (C=O) groups is 1. The lowest BCUT2D eigenvalue weighted by Crippen LogP contribution is -2.26. The monoisotopic (exact) mass is 370 g/mol. The van der Waals surface area contributed by atoms with Crippen LogP contribution in [0.3, 0.4) is 0 Å². The van der Waals surface area contributed by atoms with Gasteiger partial charge in [-0.1, -0.05) is 18.3 Å². The Bertz CT molecular complexity index is 1060. The Labute approximate surface area is 152 Å². The molecule has 7 nitrogen and oxygen atoms in total. The Morgan fingerprint density at radius 2 is 2.15 bits per heavy atom. The predicted molar refractivity (Wildman–Crippen MR) is 99.0 cm³/mol. The maximum atomic E-state index is 14.6. The van der Waals surface area contributed by atoms with Gasteiger partial charge in [0.1, 0.15) is 11.9 Å². The quantitative estimate of drug-likeness (QED) is 0.647. The molecule has 2 heterocycles. The minimum absolute atomic E-state index is 0.0298. The van der Waals surface area contributed by atoms with Gasteiger partial charge in [-0.3, -0.25) is 4.79 Å². The number of hydrogen-bond donors (Lipinski definition) is 3. The Morgan fingerprint density at radius 1 is 1.38 bits per heavy atom. The first kappa shape index (κ1) is 17.6. The third kappa shape index (κ3) is 2.91. The maximum absolute atomic E-state index is 14.6. The first-order valence-corrected chi connectivity index (χ1v) is 8.61. The molecule has 0 unspecified atom stereocenters. The lowest BCUT2D eigenvalue weighted by Gasteiger charge is -2.11. The average Bonchev–Trinajstić information content (AvgIpc) is 3.00. The Hall–Kier alpha value is -3.25. The number of halogens is 1. The van der Waals surface area contributed by atoms with Crippen LogP contribution in [-0.2, 0) is 0 Å². The van der Waals surface area contributed by atoms with Crippen molar-refractivity contribution in [1.29, 1.82) is 5.26 Å². The summed E-state index contributed by atoms with van der Waals surface area (Å²) in [7, 11) is 0. The van der Waals surface area contributed by atoms with Crippen molar-refractivity contribution in [2.75, 3.05) is 18.0 Å². The Balaban J connectivity index is 2.23. The van der Waals surface area contributed by atoms with Gasteiger partial charge in [0.2, 0.25) is 0 Å². The van der Waals surface area contributed by atoms with Crippen molar-refractivity contribution >= 4 is 38.8 Å². The fraction of sp³-hybridized carbons (Fsp3) is 0.176. The largest absolute Gasteiger partial charge is 0.396 e. The summed E-state index contributed by atoms with van der Waals surface area (Å²) in [5, 5.41) is 13.0. The summed E-state index contributed by atoms with van der Waals surface area (Å²) in [5.74, 6) is -0.945. The molecular formula is C17H15FN6OS. The first-order chi connectivity index (χ1) is 12.5. The van der Waals surface area contributed by atoms with Crippen LogP contribution in [0.15, 0.2) is 18.3 Å². The number of amides is 1. The van der Waals surface area contributed by atoms with Crippen LogP contribution in [0.4, 0.5) is 15.2 Å². The standard InChI is InChI=1S/C17H15FN6OS/c1-2-5-22-16(25)14-13(20)8-3-4-10(18)12(9(8)7-23-14)15-11(6-19)24-17(21)26-15/h3-4,7H,2,5,20H2,1H3,(H2,21,24)(H,22,25). The van der Waals surface area contributed by atoms with E-state index >= 15 is 0 Å². The minimum atomic E-state index is -0.554. The summed E-state index contributed by atoms with van der Waals surface area (Å²) in [6.45, 7) is 2.43. The number of rotatable bonds is 4. The number of nitriles is 1. The minimum Gasteiger partial charge on any atom is -0.396 e. The number of nitrogens with one attached hydrogen (secondary N) is 1. The van der Waals surface area contributed by atoms with Gasteiger partial charge in [-0.05, 0) is 18.6 Å². The van der Waals surface area contributed by atoms with Crippen molar-refractivity contribution in [2.45, 2.75) is 13.3 Å². The van der Waals surface area contributed by atoms with Crippen molar-refractivity contribution in [3.05, 3.63) is 35.5 Å². The molecule has 5 N–H and O–H groups in total. The summed E-state index contributed by atoms with van der Waals surface area (Å²) in [6.07, 6.45) is 2.15. The summed E-state index contributed by atoms with van der Waals surface area (Å²) >= 11 is 1.00. The number of fused-ring (bicyclic) bond motifs is 1. The number of nitrogens with two attached hydrogens (primary N) is 2. The molecule has 1 aromatic carbocycles. The topological polar surface area (TPSA) is 131 Å². The molecule has 3 aromatic rings. The molecule has 0 saturated carbocycles. The second-order valence-electron chi connectivity index (χ2n) is 5.50. The number of benzene rings is 1. The van der Waals surface area contributed by atoms with E-state index in [1.54, 1.807) is 0 Å². The van der Waals surface area contributed by atoms with Gasteiger partial charge in [0.25, 0.3) is 5.91 Å². The van der Waals surface area contributed by atoms with E-state index in [1.165, 1.54) is 18.3 Å². The van der Waals surface area contributed by atoms with Crippen LogP contribution >= 0.6 is 11.3 Å². The van der Waals surface area contributed by atoms with E-state index < -0.39 is 11.7 Å². The molecule has 3 rings (SSSR count). The van der Waals surface area contributed by atoms with Crippen molar-refractivity contribution in [3.8, 4) is 16.5 Å². The normalized spacial score (nSPS) is 10.7. The first-order valence-electron chi connectivity index (χ1n) is 7.79. The Kier molecular flexibility index (Phi) is 4.69. The van der Waals surface area contributed by atoms with Crippen LogP contribution in [0.1, 0.15) is 29.5 Å². The van der Waals surface area contributed by atoms with Crippen LogP contribution in [0.5, 0.6) is 0 Å². The van der Waals surface area contributed by atoms with Crippen LogP contribution < -0.4 is 16.8 Å². The van der Waals surface area contributed by atoms with E-state index in [0.29, 0.717) is 22.2 Å². The number of carbonyl (C=O) groups excluding carboxylic acids is 1. The smallest absolute Gasteiger partial charge is 0.272 e. The highest BCUT2D eigenvalue weighted by molar-refractivity contribution is 7.19. The molecule has 0 saturated heterocycles. The molecule has 26 heavy (non-hydrogen) atoms. The van der Waals surface area contributed by atoms with Crippen molar-refractivity contribution < 1.29 is 9.18 Å². The number of aromatic nitrogens is 2. The molecular weight excluding hydrogens is 355 g/mol. The molecule has 0 spiro atoms. The zero-order valence-corrected chi connectivity index (χ0v) is 14.7. The number of nitrogens with zero attached hydrogens (tertiary/aromatic N) is 3. The Morgan fingerprint density at radius 3 is 2.85 bits per heavy atom. The highest BCUT2D eigenvalue weighted by Gasteiger charge is 2.21. The summed E-state index contributed by atoms with van der Waals surface area (Å²) < 4.78 is 14.6. The predicted octanol–water partition coefficient (Wildman–Crippen LogP) is 2.67.